The van der Waals surface area contributed by atoms with Gasteiger partial charge in [-0.3, -0.25) is 4.79 Å². The van der Waals surface area contributed by atoms with E-state index >= 15 is 0 Å². The molecule has 26 heavy (non-hydrogen) atoms. The molecule has 0 spiro atoms. The summed E-state index contributed by atoms with van der Waals surface area (Å²) < 4.78 is 37.6. The molecule has 1 amide bonds. The predicted molar refractivity (Wildman–Crippen MR) is 94.3 cm³/mol. The molecule has 0 bridgehead atoms. The average Bonchev–Trinajstić information content (AvgIpc) is 2.54. The molecule has 0 radical (unpaired) electrons. The summed E-state index contributed by atoms with van der Waals surface area (Å²) in [6, 6.07) is 10.3. The van der Waals surface area contributed by atoms with Crippen LogP contribution >= 0.6 is 0 Å². The van der Waals surface area contributed by atoms with E-state index < -0.39 is 23.6 Å². The number of carbonyl (C=O) groups excluding carboxylic acids is 1. The number of rotatable bonds is 4. The van der Waals surface area contributed by atoms with Crippen LogP contribution in [0.2, 0.25) is 0 Å². The molecule has 8 heteroatoms. The SMILES string of the molecule is CC(=Cc1ccc(C(F)(F)F)cc1)C(=O)Nc1ccccc1C(=O)O.[NaH]. The number of aromatic carboxylic acids is 1. The molecule has 0 aliphatic rings. The summed E-state index contributed by atoms with van der Waals surface area (Å²) in [5.41, 5.74) is -0.0485. The van der Waals surface area contributed by atoms with Gasteiger partial charge in [0.05, 0.1) is 16.8 Å². The maximum absolute atomic E-state index is 12.5. The first-order chi connectivity index (χ1) is 11.7. The van der Waals surface area contributed by atoms with Crippen molar-refractivity contribution in [2.75, 3.05) is 5.32 Å². The molecule has 0 unspecified atom stereocenters. The number of anilines is 1. The topological polar surface area (TPSA) is 66.4 Å². The fraction of sp³-hybridized carbons (Fsp3) is 0.111. The molecule has 4 nitrogen and oxygen atoms in total. The molecule has 0 saturated heterocycles. The summed E-state index contributed by atoms with van der Waals surface area (Å²) in [7, 11) is 0. The fourth-order valence-corrected chi connectivity index (χ4v) is 2.08. The third kappa shape index (κ3) is 5.72. The van der Waals surface area contributed by atoms with Crippen LogP contribution in [0.1, 0.15) is 28.4 Å². The zero-order valence-corrected chi connectivity index (χ0v) is 13.1. The molecule has 0 aromatic heterocycles. The quantitative estimate of drug-likeness (QED) is 0.633. The Balaban J connectivity index is 0.00000338. The van der Waals surface area contributed by atoms with Crippen LogP contribution in [-0.4, -0.2) is 46.5 Å². The molecular formula is C18H15F3NNaO3. The van der Waals surface area contributed by atoms with E-state index in [9.17, 15) is 22.8 Å². The van der Waals surface area contributed by atoms with Crippen molar-refractivity contribution in [2.45, 2.75) is 13.1 Å². The summed E-state index contributed by atoms with van der Waals surface area (Å²) in [5.74, 6) is -1.73. The van der Waals surface area contributed by atoms with Crippen molar-refractivity contribution in [3.05, 3.63) is 70.8 Å². The molecule has 0 saturated carbocycles. The second-order valence-electron chi connectivity index (χ2n) is 5.25. The second-order valence-corrected chi connectivity index (χ2v) is 5.25. The Morgan fingerprint density at radius 3 is 2.15 bits per heavy atom. The van der Waals surface area contributed by atoms with Gasteiger partial charge in [0.25, 0.3) is 5.91 Å². The number of alkyl halides is 3. The number of para-hydroxylation sites is 1. The van der Waals surface area contributed by atoms with E-state index in [-0.39, 0.29) is 46.4 Å². The van der Waals surface area contributed by atoms with E-state index in [2.05, 4.69) is 5.32 Å². The summed E-state index contributed by atoms with van der Waals surface area (Å²) in [6.07, 6.45) is -3.01. The molecule has 0 aliphatic heterocycles. The summed E-state index contributed by atoms with van der Waals surface area (Å²) in [4.78, 5) is 23.3. The standard InChI is InChI=1S/C18H14F3NO3.Na.H/c1-11(10-12-6-8-13(9-7-12)18(19,20)21)16(23)22-15-5-3-2-4-14(15)17(24)25;;/h2-10H,1H3,(H,22,23)(H,24,25);;. The Morgan fingerprint density at radius 1 is 1.04 bits per heavy atom. The fourth-order valence-electron chi connectivity index (χ4n) is 2.08. The zero-order chi connectivity index (χ0) is 18.6. The number of amides is 1. The third-order valence-corrected chi connectivity index (χ3v) is 3.39. The minimum absolute atomic E-state index is 0. The molecule has 2 rings (SSSR count). The first kappa shape index (κ1) is 22.0. The molecule has 0 fully saturated rings. The van der Waals surface area contributed by atoms with E-state index in [1.807, 2.05) is 0 Å². The number of halogens is 3. The van der Waals surface area contributed by atoms with Crippen molar-refractivity contribution in [1.82, 2.24) is 0 Å². The Bertz CT molecular complexity index is 830. The number of hydrogen-bond donors (Lipinski definition) is 2. The first-order valence-corrected chi connectivity index (χ1v) is 7.17. The van der Waals surface area contributed by atoms with Crippen LogP contribution in [0.25, 0.3) is 6.08 Å². The number of benzene rings is 2. The van der Waals surface area contributed by atoms with Crippen molar-refractivity contribution >= 4 is 53.2 Å². The monoisotopic (exact) mass is 373 g/mol. The summed E-state index contributed by atoms with van der Waals surface area (Å²) in [5, 5.41) is 11.6. The summed E-state index contributed by atoms with van der Waals surface area (Å²) in [6.45, 7) is 1.48. The average molecular weight is 373 g/mol. The van der Waals surface area contributed by atoms with Crippen LogP contribution in [0.3, 0.4) is 0 Å². The molecule has 2 N–H and O–H groups in total. The van der Waals surface area contributed by atoms with Crippen LogP contribution < -0.4 is 5.32 Å². The van der Waals surface area contributed by atoms with Gasteiger partial charge in [-0.05, 0) is 42.8 Å². The van der Waals surface area contributed by atoms with E-state index in [1.54, 1.807) is 6.07 Å². The normalized spacial score (nSPS) is 11.5. The van der Waals surface area contributed by atoms with Gasteiger partial charge in [0.2, 0.25) is 0 Å². The van der Waals surface area contributed by atoms with Crippen LogP contribution in [0, 0.1) is 0 Å². The van der Waals surface area contributed by atoms with Gasteiger partial charge in [0, 0.05) is 5.57 Å². The van der Waals surface area contributed by atoms with Gasteiger partial charge in [0.1, 0.15) is 0 Å². The molecule has 0 heterocycles. The Hall–Kier alpha value is -2.09. The number of carbonyl (C=O) groups is 2. The van der Waals surface area contributed by atoms with Gasteiger partial charge < -0.3 is 10.4 Å². The molecule has 2 aromatic rings. The van der Waals surface area contributed by atoms with Gasteiger partial charge >= 0.3 is 41.7 Å². The van der Waals surface area contributed by atoms with Crippen LogP contribution in [-0.2, 0) is 11.0 Å². The summed E-state index contributed by atoms with van der Waals surface area (Å²) >= 11 is 0. The van der Waals surface area contributed by atoms with Gasteiger partial charge in [-0.2, -0.15) is 13.2 Å². The van der Waals surface area contributed by atoms with E-state index in [1.165, 1.54) is 43.3 Å². The Kier molecular flexibility index (Phi) is 7.62. The Morgan fingerprint density at radius 2 is 1.62 bits per heavy atom. The molecule has 132 valence electrons. The van der Waals surface area contributed by atoms with Crippen molar-refractivity contribution < 1.29 is 27.9 Å². The van der Waals surface area contributed by atoms with Crippen molar-refractivity contribution in [3.8, 4) is 0 Å². The minimum atomic E-state index is -4.42. The number of carboxylic acid groups (broad SMARTS) is 1. The van der Waals surface area contributed by atoms with Crippen molar-refractivity contribution in [2.24, 2.45) is 0 Å². The first-order valence-electron chi connectivity index (χ1n) is 7.17. The molecule has 0 aliphatic carbocycles. The number of nitrogens with one attached hydrogen (secondary N) is 1. The van der Waals surface area contributed by atoms with Gasteiger partial charge in [-0.25, -0.2) is 4.79 Å². The Labute approximate surface area is 170 Å². The van der Waals surface area contributed by atoms with Gasteiger partial charge in [0.15, 0.2) is 0 Å². The number of carboxylic acids is 1. The third-order valence-electron chi connectivity index (χ3n) is 3.39. The van der Waals surface area contributed by atoms with Gasteiger partial charge in [-0.15, -0.1) is 0 Å². The van der Waals surface area contributed by atoms with Gasteiger partial charge in [-0.1, -0.05) is 24.3 Å². The number of hydrogen-bond acceptors (Lipinski definition) is 2. The van der Waals surface area contributed by atoms with E-state index in [0.717, 1.165) is 12.1 Å². The van der Waals surface area contributed by atoms with E-state index in [4.69, 9.17) is 5.11 Å². The van der Waals surface area contributed by atoms with Crippen LogP contribution in [0.5, 0.6) is 0 Å². The zero-order valence-electron chi connectivity index (χ0n) is 13.1. The predicted octanol–water partition coefficient (Wildman–Crippen LogP) is 3.80. The van der Waals surface area contributed by atoms with E-state index in [0.29, 0.717) is 5.56 Å². The van der Waals surface area contributed by atoms with Crippen LogP contribution in [0.4, 0.5) is 18.9 Å². The van der Waals surface area contributed by atoms with Crippen LogP contribution in [0.15, 0.2) is 54.1 Å². The van der Waals surface area contributed by atoms with Crippen molar-refractivity contribution in [1.29, 1.82) is 0 Å². The van der Waals surface area contributed by atoms with Crippen molar-refractivity contribution in [3.63, 3.8) is 0 Å². The molecule has 0 atom stereocenters. The second kappa shape index (κ2) is 9.02. The maximum atomic E-state index is 12.5. The molecule has 2 aromatic carbocycles. The molecular weight excluding hydrogens is 358 g/mol.